The molecule has 1 unspecified atom stereocenters. The van der Waals surface area contributed by atoms with Crippen molar-refractivity contribution in [1.82, 2.24) is 14.7 Å². The first-order valence-corrected chi connectivity index (χ1v) is 15.1. The smallest absolute Gasteiger partial charge is 0.410 e. The Labute approximate surface area is 249 Å². The summed E-state index contributed by atoms with van der Waals surface area (Å²) in [5.74, 6) is 1.18. The van der Waals surface area contributed by atoms with E-state index in [-0.39, 0.29) is 24.4 Å². The molecule has 8 heteroatoms. The lowest BCUT2D eigenvalue weighted by Crippen LogP contribution is -2.48. The van der Waals surface area contributed by atoms with Crippen molar-refractivity contribution in [3.8, 4) is 0 Å². The molecule has 2 heterocycles. The molecule has 2 aromatic carbocycles. The first-order chi connectivity index (χ1) is 20.5. The zero-order valence-corrected chi connectivity index (χ0v) is 24.4. The van der Waals surface area contributed by atoms with Gasteiger partial charge in [0.1, 0.15) is 6.61 Å². The van der Waals surface area contributed by atoms with E-state index in [2.05, 4.69) is 64.9 Å². The summed E-state index contributed by atoms with van der Waals surface area (Å²) in [6.45, 7) is 10.6. The van der Waals surface area contributed by atoms with E-state index in [1.165, 1.54) is 17.7 Å². The maximum Gasteiger partial charge on any atom is 0.410 e. The van der Waals surface area contributed by atoms with Crippen LogP contribution in [0.5, 0.6) is 0 Å². The van der Waals surface area contributed by atoms with Gasteiger partial charge in [-0.25, -0.2) is 4.79 Å². The molecule has 3 aliphatic rings. The van der Waals surface area contributed by atoms with Gasteiger partial charge in [-0.15, -0.1) is 6.58 Å². The Kier molecular flexibility index (Phi) is 10.2. The van der Waals surface area contributed by atoms with Crippen molar-refractivity contribution in [2.75, 3.05) is 39.3 Å². The summed E-state index contributed by atoms with van der Waals surface area (Å²) in [4.78, 5) is 30.5. The maximum atomic E-state index is 13.1. The van der Waals surface area contributed by atoms with Crippen LogP contribution in [0, 0.1) is 22.0 Å². The summed E-state index contributed by atoms with van der Waals surface area (Å²) in [5.41, 5.74) is 3.71. The number of nitro benzene ring substituents is 1. The minimum Gasteiger partial charge on any atom is -0.445 e. The summed E-state index contributed by atoms with van der Waals surface area (Å²) < 4.78 is 5.61. The Morgan fingerprint density at radius 3 is 2.48 bits per heavy atom. The van der Waals surface area contributed by atoms with E-state index in [0.29, 0.717) is 18.4 Å². The zero-order valence-electron chi connectivity index (χ0n) is 24.4. The van der Waals surface area contributed by atoms with Crippen molar-refractivity contribution in [1.29, 1.82) is 0 Å². The maximum absolute atomic E-state index is 13.1. The molecule has 1 aliphatic carbocycles. The first kappa shape index (κ1) is 29.7. The van der Waals surface area contributed by atoms with Crippen molar-refractivity contribution in [3.05, 3.63) is 112 Å². The third-order valence-corrected chi connectivity index (χ3v) is 8.85. The average Bonchev–Trinajstić information content (AvgIpc) is 3.42. The molecule has 2 atom stereocenters. The van der Waals surface area contributed by atoms with Crippen molar-refractivity contribution in [2.45, 2.75) is 44.9 Å². The summed E-state index contributed by atoms with van der Waals surface area (Å²) in [5, 5.41) is 10.9. The summed E-state index contributed by atoms with van der Waals surface area (Å²) in [7, 11) is 0. The molecule has 1 amide bonds. The first-order valence-electron chi connectivity index (χ1n) is 15.1. The zero-order chi connectivity index (χ0) is 29.3. The van der Waals surface area contributed by atoms with Gasteiger partial charge in [0.15, 0.2) is 0 Å². The van der Waals surface area contributed by atoms with Gasteiger partial charge in [0, 0.05) is 64.0 Å². The molecule has 2 saturated heterocycles. The number of piperidine rings is 1. The van der Waals surface area contributed by atoms with E-state index in [9.17, 15) is 14.9 Å². The largest absolute Gasteiger partial charge is 0.445 e. The topological polar surface area (TPSA) is 79.2 Å². The second-order valence-corrected chi connectivity index (χ2v) is 11.7. The highest BCUT2D eigenvalue weighted by Crippen LogP contribution is 2.35. The lowest BCUT2D eigenvalue weighted by Gasteiger charge is -2.39. The Morgan fingerprint density at radius 2 is 1.81 bits per heavy atom. The number of carbonyl (C=O) groups excluding carboxylic acids is 1. The van der Waals surface area contributed by atoms with Gasteiger partial charge in [0.2, 0.25) is 0 Å². The SMILES string of the molecule is C=CCN(C(=O)OCc1ccc([N+](=O)[O-])cc1)C1CCN(C[C@H]2CN(Cc3ccccc3)CC2C2=CC=CCC2)CC1. The van der Waals surface area contributed by atoms with Crippen LogP contribution >= 0.6 is 0 Å². The number of ether oxygens (including phenoxy) is 1. The Hall–Kier alpha value is -3.75. The van der Waals surface area contributed by atoms with Gasteiger partial charge in [-0.3, -0.25) is 15.0 Å². The van der Waals surface area contributed by atoms with Crippen LogP contribution in [0.2, 0.25) is 0 Å². The molecule has 0 saturated carbocycles. The third kappa shape index (κ3) is 7.75. The van der Waals surface area contributed by atoms with Crippen molar-refractivity contribution in [2.24, 2.45) is 11.8 Å². The minimum atomic E-state index is -0.438. The standard InChI is InChI=1S/C34H42N4O4/c1-2-19-37(34(39)42-26-28-13-15-32(16-14-28)38(40)41)31-17-20-35(21-18-31)23-30-24-36(22-27-9-5-3-6-10-27)25-33(30)29-11-7-4-8-12-29/h2-7,9-11,13-16,30-31,33H,1,8,12,17-26H2/t30-,33?/m0/s1. The fraction of sp³-hybridized carbons (Fsp3) is 0.441. The Morgan fingerprint density at radius 1 is 1.05 bits per heavy atom. The number of hydrogen-bond donors (Lipinski definition) is 0. The highest BCUT2D eigenvalue weighted by molar-refractivity contribution is 5.68. The molecule has 0 bridgehead atoms. The molecule has 0 radical (unpaired) electrons. The van der Waals surface area contributed by atoms with Crippen LogP contribution in [-0.4, -0.2) is 71.0 Å². The third-order valence-electron chi connectivity index (χ3n) is 8.85. The van der Waals surface area contributed by atoms with E-state index in [1.54, 1.807) is 28.7 Å². The van der Waals surface area contributed by atoms with Crippen LogP contribution < -0.4 is 0 Å². The van der Waals surface area contributed by atoms with E-state index in [1.807, 2.05) is 0 Å². The van der Waals surface area contributed by atoms with E-state index >= 15 is 0 Å². The molecule has 0 N–H and O–H groups in total. The highest BCUT2D eigenvalue weighted by atomic mass is 16.6. The predicted octanol–water partition coefficient (Wildman–Crippen LogP) is 6.21. The van der Waals surface area contributed by atoms with Gasteiger partial charge in [-0.05, 0) is 60.8 Å². The number of rotatable bonds is 11. The van der Waals surface area contributed by atoms with Crippen LogP contribution in [-0.2, 0) is 17.9 Å². The number of allylic oxidation sites excluding steroid dienone is 3. The molecule has 0 spiro atoms. The Balaban J connectivity index is 1.15. The van der Waals surface area contributed by atoms with Crippen molar-refractivity contribution >= 4 is 11.8 Å². The summed E-state index contributed by atoms with van der Waals surface area (Å²) in [6.07, 6.45) is 12.3. The Bertz CT molecular complexity index is 1270. The molecule has 222 valence electrons. The van der Waals surface area contributed by atoms with Crippen molar-refractivity contribution < 1.29 is 14.5 Å². The van der Waals surface area contributed by atoms with E-state index < -0.39 is 4.92 Å². The number of benzene rings is 2. The molecular weight excluding hydrogens is 528 g/mol. The second-order valence-electron chi connectivity index (χ2n) is 11.7. The van der Waals surface area contributed by atoms with Crippen LogP contribution in [0.1, 0.15) is 36.8 Å². The molecule has 42 heavy (non-hydrogen) atoms. The van der Waals surface area contributed by atoms with Crippen LogP contribution in [0.25, 0.3) is 0 Å². The number of nitro groups is 1. The van der Waals surface area contributed by atoms with Crippen molar-refractivity contribution in [3.63, 3.8) is 0 Å². The number of non-ortho nitro benzene ring substituents is 1. The fourth-order valence-corrected chi connectivity index (χ4v) is 6.67. The molecule has 0 aromatic heterocycles. The van der Waals surface area contributed by atoms with E-state index in [4.69, 9.17) is 4.74 Å². The van der Waals surface area contributed by atoms with Gasteiger partial charge in [0.05, 0.1) is 4.92 Å². The summed E-state index contributed by atoms with van der Waals surface area (Å²) in [6, 6.07) is 17.0. The molecule has 2 fully saturated rings. The predicted molar refractivity (Wildman–Crippen MR) is 165 cm³/mol. The molecule has 2 aromatic rings. The second kappa shape index (κ2) is 14.4. The molecular formula is C34H42N4O4. The van der Waals surface area contributed by atoms with E-state index in [0.717, 1.165) is 70.5 Å². The number of amides is 1. The lowest BCUT2D eigenvalue weighted by atomic mass is 9.84. The molecule has 2 aliphatic heterocycles. The van der Waals surface area contributed by atoms with Gasteiger partial charge in [0.25, 0.3) is 5.69 Å². The van der Waals surface area contributed by atoms with Gasteiger partial charge in [-0.2, -0.15) is 0 Å². The number of nitrogens with zero attached hydrogens (tertiary/aromatic N) is 4. The van der Waals surface area contributed by atoms with Crippen LogP contribution in [0.15, 0.2) is 91.1 Å². The lowest BCUT2D eigenvalue weighted by molar-refractivity contribution is -0.384. The van der Waals surface area contributed by atoms with Crippen LogP contribution in [0.3, 0.4) is 0 Å². The number of likely N-dealkylation sites (tertiary alicyclic amines) is 2. The number of hydrogen-bond acceptors (Lipinski definition) is 6. The quantitative estimate of drug-likeness (QED) is 0.182. The molecule has 8 nitrogen and oxygen atoms in total. The average molecular weight is 571 g/mol. The van der Waals surface area contributed by atoms with Crippen LogP contribution in [0.4, 0.5) is 10.5 Å². The molecule has 5 rings (SSSR count). The summed E-state index contributed by atoms with van der Waals surface area (Å²) >= 11 is 0. The van der Waals surface area contributed by atoms with Gasteiger partial charge >= 0.3 is 6.09 Å². The monoisotopic (exact) mass is 570 g/mol. The van der Waals surface area contributed by atoms with Gasteiger partial charge < -0.3 is 14.5 Å². The normalized spacial score (nSPS) is 21.6. The fourth-order valence-electron chi connectivity index (χ4n) is 6.67. The highest BCUT2D eigenvalue weighted by Gasteiger charge is 2.37. The minimum absolute atomic E-state index is 0.0188. The van der Waals surface area contributed by atoms with Gasteiger partial charge in [-0.1, -0.05) is 60.2 Å². The number of carbonyl (C=O) groups is 1.